The highest BCUT2D eigenvalue weighted by molar-refractivity contribution is 7.99. The number of aromatic amines is 2. The van der Waals surface area contributed by atoms with Crippen LogP contribution in [0.15, 0.2) is 48.1 Å². The largest absolute Gasteiger partial charge is 0.348 e. The zero-order valence-electron chi connectivity index (χ0n) is 12.7. The number of nitrogens with zero attached hydrogens (tertiary/aromatic N) is 2. The van der Waals surface area contributed by atoms with Gasteiger partial charge in [-0.2, -0.15) is 0 Å². The molecule has 0 atom stereocenters. The molecule has 0 aliphatic carbocycles. The number of rotatable bonds is 7. The minimum absolute atomic E-state index is 0.965. The predicted octanol–water partition coefficient (Wildman–Crippen LogP) is 4.09. The van der Waals surface area contributed by atoms with E-state index in [0.29, 0.717) is 0 Å². The lowest BCUT2D eigenvalue weighted by molar-refractivity contribution is 0.922. The van der Waals surface area contributed by atoms with Gasteiger partial charge in [0.1, 0.15) is 0 Å². The highest BCUT2D eigenvalue weighted by Crippen LogP contribution is 2.23. The Bertz CT molecular complexity index is 703. The molecule has 0 saturated heterocycles. The maximum atomic E-state index is 4.47. The summed E-state index contributed by atoms with van der Waals surface area (Å²) in [4.78, 5) is 15.0. The molecule has 0 bridgehead atoms. The van der Waals surface area contributed by atoms with Gasteiger partial charge in [0.25, 0.3) is 0 Å². The Morgan fingerprint density at radius 2 is 2.14 bits per heavy atom. The Kier molecular flexibility index (Phi) is 4.96. The molecule has 0 aliphatic rings. The highest BCUT2D eigenvalue weighted by atomic mass is 32.2. The number of nitrogens with one attached hydrogen (secondary N) is 2. The summed E-state index contributed by atoms with van der Waals surface area (Å²) < 4.78 is 0. The number of hydrogen-bond donors (Lipinski definition) is 2. The highest BCUT2D eigenvalue weighted by Gasteiger charge is 2.05. The van der Waals surface area contributed by atoms with Crippen LogP contribution in [-0.2, 0) is 12.8 Å². The normalized spacial score (nSPS) is 11.0. The predicted molar refractivity (Wildman–Crippen MR) is 91.0 cm³/mol. The van der Waals surface area contributed by atoms with Gasteiger partial charge in [-0.1, -0.05) is 43.3 Å². The van der Waals surface area contributed by atoms with Crippen molar-refractivity contribution in [3.05, 3.63) is 54.2 Å². The van der Waals surface area contributed by atoms with E-state index in [-0.39, 0.29) is 0 Å². The Balaban J connectivity index is 1.62. The van der Waals surface area contributed by atoms with E-state index in [1.165, 1.54) is 17.5 Å². The SMILES string of the molecule is CCCc1cccc(-c2cnc(SCCc3cnc[nH]3)[nH]2)c1. The van der Waals surface area contributed by atoms with Crippen molar-refractivity contribution < 1.29 is 0 Å². The zero-order valence-corrected chi connectivity index (χ0v) is 13.5. The third-order valence-electron chi connectivity index (χ3n) is 3.49. The van der Waals surface area contributed by atoms with Crippen LogP contribution in [0.2, 0.25) is 0 Å². The van der Waals surface area contributed by atoms with E-state index in [9.17, 15) is 0 Å². The number of H-pyrrole nitrogens is 2. The van der Waals surface area contributed by atoms with Crippen molar-refractivity contribution in [2.75, 3.05) is 5.75 Å². The first-order valence-electron chi connectivity index (χ1n) is 7.59. The van der Waals surface area contributed by atoms with Crippen LogP contribution in [0.3, 0.4) is 0 Å². The molecule has 5 heteroatoms. The number of aromatic nitrogens is 4. The molecular formula is C17H20N4S. The maximum Gasteiger partial charge on any atom is 0.165 e. The molecular weight excluding hydrogens is 292 g/mol. The van der Waals surface area contributed by atoms with Crippen molar-refractivity contribution in [1.82, 2.24) is 19.9 Å². The number of hydrogen-bond acceptors (Lipinski definition) is 3. The average molecular weight is 312 g/mol. The molecule has 0 fully saturated rings. The van der Waals surface area contributed by atoms with Crippen LogP contribution in [0.1, 0.15) is 24.6 Å². The summed E-state index contributed by atoms with van der Waals surface area (Å²) in [5.74, 6) is 0.977. The van der Waals surface area contributed by atoms with E-state index in [2.05, 4.69) is 51.1 Å². The smallest absolute Gasteiger partial charge is 0.165 e. The first-order chi connectivity index (χ1) is 10.8. The maximum absolute atomic E-state index is 4.47. The van der Waals surface area contributed by atoms with E-state index in [4.69, 9.17) is 0 Å². The quantitative estimate of drug-likeness (QED) is 0.646. The molecule has 114 valence electrons. The third-order valence-corrected chi connectivity index (χ3v) is 4.38. The first kappa shape index (κ1) is 14.9. The fraction of sp³-hybridized carbons (Fsp3) is 0.294. The van der Waals surface area contributed by atoms with Gasteiger partial charge in [-0.25, -0.2) is 9.97 Å². The number of imidazole rings is 2. The van der Waals surface area contributed by atoms with Gasteiger partial charge < -0.3 is 9.97 Å². The topological polar surface area (TPSA) is 57.4 Å². The van der Waals surface area contributed by atoms with Gasteiger partial charge in [0, 0.05) is 17.6 Å². The molecule has 0 aliphatic heterocycles. The van der Waals surface area contributed by atoms with Crippen molar-refractivity contribution in [1.29, 1.82) is 0 Å². The number of benzene rings is 1. The molecule has 22 heavy (non-hydrogen) atoms. The van der Waals surface area contributed by atoms with Crippen molar-refractivity contribution in [2.24, 2.45) is 0 Å². The van der Waals surface area contributed by atoms with Gasteiger partial charge in [-0.15, -0.1) is 0 Å². The molecule has 4 nitrogen and oxygen atoms in total. The van der Waals surface area contributed by atoms with Crippen molar-refractivity contribution >= 4 is 11.8 Å². The second kappa shape index (κ2) is 7.31. The van der Waals surface area contributed by atoms with E-state index in [0.717, 1.165) is 35.1 Å². The summed E-state index contributed by atoms with van der Waals surface area (Å²) in [7, 11) is 0. The van der Waals surface area contributed by atoms with Gasteiger partial charge >= 0.3 is 0 Å². The molecule has 0 saturated carbocycles. The lowest BCUT2D eigenvalue weighted by Gasteiger charge is -2.02. The fourth-order valence-corrected chi connectivity index (χ4v) is 3.21. The molecule has 0 radical (unpaired) electrons. The molecule has 0 unspecified atom stereocenters. The Morgan fingerprint density at radius 3 is 2.95 bits per heavy atom. The summed E-state index contributed by atoms with van der Waals surface area (Å²) in [6.45, 7) is 2.21. The summed E-state index contributed by atoms with van der Waals surface area (Å²) in [6.07, 6.45) is 8.76. The van der Waals surface area contributed by atoms with Crippen LogP contribution >= 0.6 is 11.8 Å². The van der Waals surface area contributed by atoms with Gasteiger partial charge in [0.15, 0.2) is 5.16 Å². The molecule has 2 N–H and O–H groups in total. The summed E-state index contributed by atoms with van der Waals surface area (Å²) in [6, 6.07) is 8.68. The minimum Gasteiger partial charge on any atom is -0.348 e. The van der Waals surface area contributed by atoms with Crippen LogP contribution in [0.5, 0.6) is 0 Å². The van der Waals surface area contributed by atoms with Crippen molar-refractivity contribution in [2.45, 2.75) is 31.3 Å². The van der Waals surface area contributed by atoms with E-state index in [1.54, 1.807) is 18.1 Å². The van der Waals surface area contributed by atoms with Gasteiger partial charge in [0.2, 0.25) is 0 Å². The van der Waals surface area contributed by atoms with Gasteiger partial charge in [-0.05, 0) is 30.0 Å². The second-order valence-electron chi connectivity index (χ2n) is 5.23. The van der Waals surface area contributed by atoms with Crippen LogP contribution < -0.4 is 0 Å². The van der Waals surface area contributed by atoms with Crippen LogP contribution in [-0.4, -0.2) is 25.7 Å². The van der Waals surface area contributed by atoms with Gasteiger partial charge in [0.05, 0.1) is 18.2 Å². The fourth-order valence-electron chi connectivity index (χ4n) is 2.39. The van der Waals surface area contributed by atoms with E-state index >= 15 is 0 Å². The second-order valence-corrected chi connectivity index (χ2v) is 6.31. The molecule has 0 spiro atoms. The van der Waals surface area contributed by atoms with Crippen LogP contribution in [0.4, 0.5) is 0 Å². The average Bonchev–Trinajstić information content (AvgIpc) is 3.20. The molecule has 3 rings (SSSR count). The lowest BCUT2D eigenvalue weighted by Crippen LogP contribution is -1.89. The van der Waals surface area contributed by atoms with Crippen molar-refractivity contribution in [3.63, 3.8) is 0 Å². The lowest BCUT2D eigenvalue weighted by atomic mass is 10.1. The Hall–Kier alpha value is -2.01. The Morgan fingerprint density at radius 1 is 1.18 bits per heavy atom. The zero-order chi connectivity index (χ0) is 15.2. The van der Waals surface area contributed by atoms with Crippen LogP contribution in [0, 0.1) is 0 Å². The van der Waals surface area contributed by atoms with E-state index in [1.807, 2.05) is 12.4 Å². The summed E-state index contributed by atoms with van der Waals surface area (Å²) in [5, 5.41) is 0.968. The molecule has 0 amide bonds. The standard InChI is InChI=1S/C17H20N4S/c1-2-4-13-5-3-6-14(9-13)16-11-19-17(21-16)22-8-7-15-10-18-12-20-15/h3,5-6,9-12H,2,4,7-8H2,1H3,(H,18,20)(H,19,21). The first-order valence-corrected chi connectivity index (χ1v) is 8.58. The molecule has 2 aromatic heterocycles. The molecule has 3 aromatic rings. The number of aryl methyl sites for hydroxylation is 2. The van der Waals surface area contributed by atoms with E-state index < -0.39 is 0 Å². The molecule has 2 heterocycles. The number of thioether (sulfide) groups is 1. The Labute approximate surface area is 134 Å². The third kappa shape index (κ3) is 3.80. The van der Waals surface area contributed by atoms with Crippen LogP contribution in [0.25, 0.3) is 11.3 Å². The van der Waals surface area contributed by atoms with Gasteiger partial charge in [-0.3, -0.25) is 0 Å². The van der Waals surface area contributed by atoms with Crippen molar-refractivity contribution in [3.8, 4) is 11.3 Å². The summed E-state index contributed by atoms with van der Waals surface area (Å²) in [5.41, 5.74) is 4.83. The molecule has 1 aromatic carbocycles. The summed E-state index contributed by atoms with van der Waals surface area (Å²) >= 11 is 1.73. The monoisotopic (exact) mass is 312 g/mol. The minimum atomic E-state index is 0.965.